The van der Waals surface area contributed by atoms with Gasteiger partial charge in [0.15, 0.2) is 18.3 Å². The number of rotatable bonds is 10. The van der Waals surface area contributed by atoms with Crippen LogP contribution in [0.1, 0.15) is 55.4 Å². The number of carbonyl (C=O) groups is 4. The van der Waals surface area contributed by atoms with E-state index in [2.05, 4.69) is 5.32 Å². The third-order valence-corrected chi connectivity index (χ3v) is 11.9. The van der Waals surface area contributed by atoms with E-state index in [-0.39, 0.29) is 48.9 Å². The zero-order valence-corrected chi connectivity index (χ0v) is 39.5. The Morgan fingerprint density at radius 1 is 0.873 bits per heavy atom. The van der Waals surface area contributed by atoms with Crippen LogP contribution in [0.3, 0.4) is 0 Å². The quantitative estimate of drug-likeness (QED) is 0.144. The van der Waals surface area contributed by atoms with Gasteiger partial charge in [0, 0.05) is 56.0 Å². The molecule has 0 spiro atoms. The Hall–Kier alpha value is -3.49. The van der Waals surface area contributed by atoms with Crippen LogP contribution in [0.5, 0.6) is 0 Å². The Labute approximate surface area is 387 Å². The van der Waals surface area contributed by atoms with Gasteiger partial charge in [0.2, 0.25) is 11.8 Å². The van der Waals surface area contributed by atoms with Gasteiger partial charge in [-0.25, -0.2) is 4.79 Å². The summed E-state index contributed by atoms with van der Waals surface area (Å²) in [6.07, 6.45) is -0.777. The van der Waals surface area contributed by atoms with Crippen LogP contribution in [0.2, 0.25) is 0 Å². The van der Waals surface area contributed by atoms with Gasteiger partial charge in [-0.2, -0.15) is 0 Å². The maximum atomic E-state index is 12.8. The number of ether oxygens (including phenoxy) is 3. The predicted octanol–water partition coefficient (Wildman–Crippen LogP) is 4.36. The second-order valence-electron chi connectivity index (χ2n) is 17.0. The number of halogens is 1. The zero-order chi connectivity index (χ0) is 45.8. The van der Waals surface area contributed by atoms with E-state index in [0.717, 1.165) is 21.2 Å². The molecule has 0 aliphatic carbocycles. The molecule has 0 bridgehead atoms. The molecular formula is C45H69ClN4O11S2. The van der Waals surface area contributed by atoms with Crippen molar-refractivity contribution in [3.05, 3.63) is 72.8 Å². The fourth-order valence-corrected chi connectivity index (χ4v) is 8.29. The van der Waals surface area contributed by atoms with Crippen molar-refractivity contribution in [3.8, 4) is 0 Å². The van der Waals surface area contributed by atoms with Gasteiger partial charge in [0.25, 0.3) is 5.91 Å². The lowest BCUT2D eigenvalue weighted by Gasteiger charge is -2.26. The van der Waals surface area contributed by atoms with E-state index in [4.69, 9.17) is 19.9 Å². The van der Waals surface area contributed by atoms with E-state index in [1.807, 2.05) is 96.1 Å². The normalized spacial score (nSPS) is 23.2. The van der Waals surface area contributed by atoms with Crippen LogP contribution < -0.4 is 20.9 Å². The highest BCUT2D eigenvalue weighted by Crippen LogP contribution is 2.34. The number of aliphatic hydroxyl groups excluding tert-OH is 4. The number of nitrogens with zero attached hydrogens (tertiary/aromatic N) is 2. The first-order chi connectivity index (χ1) is 28.5. The summed E-state index contributed by atoms with van der Waals surface area (Å²) in [5, 5.41) is 42.9. The molecule has 0 saturated carbocycles. The van der Waals surface area contributed by atoms with Gasteiger partial charge in [0.1, 0.15) is 18.2 Å². The minimum absolute atomic E-state index is 0. The molecule has 354 valence electrons. The summed E-state index contributed by atoms with van der Waals surface area (Å²) in [6, 6.07) is 14.3. The zero-order valence-electron chi connectivity index (χ0n) is 37.1. The van der Waals surface area contributed by atoms with Crippen LogP contribution in [0, 0.1) is 10.8 Å². The van der Waals surface area contributed by atoms with E-state index in [1.54, 1.807) is 42.9 Å². The summed E-state index contributed by atoms with van der Waals surface area (Å²) in [5.74, 6) is -0.459. The molecule has 2 aromatic carbocycles. The SMILES string of the molecule is C.CN1C(=O)[C@@H](N)CSc2ccccc21.CO[C@@H](C(=O)N[C@H]1CSc2ccccc2N(C)C1=O)[C@H](O)C[C@H](O)/C=C/C(C)(C)C.CO[C@H]1C(=O)O[C@@H]([C@H](O)/C=C/C(C)(C)C)[C@H]1O.Cl. The molecule has 1 saturated heterocycles. The molecule has 5 rings (SSSR count). The molecule has 3 amide bonds. The van der Waals surface area contributed by atoms with Crippen LogP contribution in [0.15, 0.2) is 82.6 Å². The van der Waals surface area contributed by atoms with E-state index in [0.29, 0.717) is 11.5 Å². The molecule has 2 aromatic rings. The molecule has 0 unspecified atom stereocenters. The van der Waals surface area contributed by atoms with Crippen molar-refractivity contribution in [3.63, 3.8) is 0 Å². The first-order valence-electron chi connectivity index (χ1n) is 19.9. The lowest BCUT2D eigenvalue weighted by molar-refractivity contribution is -0.150. The van der Waals surface area contributed by atoms with Crippen LogP contribution in [-0.2, 0) is 33.4 Å². The number of benzene rings is 2. The average molecular weight is 942 g/mol. The van der Waals surface area contributed by atoms with E-state index in [9.17, 15) is 39.6 Å². The Kier molecular flexibility index (Phi) is 23.6. The van der Waals surface area contributed by atoms with Crippen LogP contribution in [0.4, 0.5) is 11.4 Å². The number of hydrogen-bond donors (Lipinski definition) is 6. The predicted molar refractivity (Wildman–Crippen MR) is 252 cm³/mol. The average Bonchev–Trinajstić information content (AvgIpc) is 3.38. The Bertz CT molecular complexity index is 1860. The summed E-state index contributed by atoms with van der Waals surface area (Å²) in [6.45, 7) is 11.9. The fraction of sp³-hybridized carbons (Fsp3) is 0.556. The lowest BCUT2D eigenvalue weighted by atomic mass is 9.94. The number of amides is 3. The molecule has 7 N–H and O–H groups in total. The number of nitrogens with two attached hydrogens (primary N) is 1. The molecular weight excluding hydrogens is 872 g/mol. The number of fused-ring (bicyclic) bond motifs is 2. The molecule has 3 aliphatic rings. The highest BCUT2D eigenvalue weighted by Gasteiger charge is 2.47. The minimum Gasteiger partial charge on any atom is -0.454 e. The van der Waals surface area contributed by atoms with Crippen molar-refractivity contribution < 1.29 is 53.8 Å². The molecule has 15 nitrogen and oxygen atoms in total. The smallest absolute Gasteiger partial charge is 0.338 e. The van der Waals surface area contributed by atoms with Crippen molar-refractivity contribution in [2.75, 3.05) is 49.6 Å². The number of cyclic esters (lactones) is 1. The number of para-hydroxylation sites is 2. The number of esters is 1. The number of thioether (sulfide) groups is 2. The number of likely N-dealkylation sites (N-methyl/N-ethyl adjacent to an activating group) is 2. The van der Waals surface area contributed by atoms with Crippen LogP contribution >= 0.6 is 35.9 Å². The Morgan fingerprint density at radius 3 is 1.86 bits per heavy atom. The maximum absolute atomic E-state index is 12.8. The van der Waals surface area contributed by atoms with Crippen molar-refractivity contribution in [2.24, 2.45) is 16.6 Å². The second-order valence-corrected chi connectivity index (χ2v) is 19.2. The van der Waals surface area contributed by atoms with Gasteiger partial charge in [-0.15, -0.1) is 35.9 Å². The summed E-state index contributed by atoms with van der Waals surface area (Å²) in [4.78, 5) is 53.8. The maximum Gasteiger partial charge on any atom is 0.338 e. The molecule has 18 heteroatoms. The molecule has 3 aliphatic heterocycles. The van der Waals surface area contributed by atoms with Crippen molar-refractivity contribution in [1.29, 1.82) is 0 Å². The summed E-state index contributed by atoms with van der Waals surface area (Å²) < 4.78 is 14.9. The number of nitrogens with one attached hydrogen (secondary N) is 1. The number of hydrogen-bond acceptors (Lipinski definition) is 14. The second kappa shape index (κ2) is 25.9. The van der Waals surface area contributed by atoms with Gasteiger partial charge >= 0.3 is 5.97 Å². The molecule has 3 heterocycles. The largest absolute Gasteiger partial charge is 0.454 e. The van der Waals surface area contributed by atoms with E-state index in [1.165, 1.54) is 37.0 Å². The third kappa shape index (κ3) is 17.1. The standard InChI is InChI=1S/C22H32N2O5S.C12H20O5.C10H12N2OS.CH4.ClH/c1-22(2,3)11-10-14(25)12-17(26)19(29-5)20(27)23-15-13-30-18-9-7-6-8-16(18)24(4)21(15)28;1-12(2,3)6-5-7(13)9-8(14)10(16-4)11(15)17-9;1-12-8-4-2-3-5-9(8)14-6-7(11)10(12)13;;/h6-11,14-15,17,19,25-26H,12-13H2,1-5H3,(H,23,27);5-10,13-14H,1-4H3;2-5,7H,6,11H2,1H3;1H4;1H/b11-10+;6-5+;;;/t14-,15+,17-,19-;7-,8-,9+,10-;7-;;/m110../s1. The van der Waals surface area contributed by atoms with Gasteiger partial charge in [-0.1, -0.05) is 97.5 Å². The highest BCUT2D eigenvalue weighted by atomic mass is 35.5. The summed E-state index contributed by atoms with van der Waals surface area (Å²) in [5.41, 5.74) is 7.29. The third-order valence-electron chi connectivity index (χ3n) is 9.55. The van der Waals surface area contributed by atoms with E-state index >= 15 is 0 Å². The number of methoxy groups -OCH3 is 2. The molecule has 1 fully saturated rings. The summed E-state index contributed by atoms with van der Waals surface area (Å²) >= 11 is 3.12. The fourth-order valence-electron chi connectivity index (χ4n) is 6.16. The molecule has 0 radical (unpaired) electrons. The topological polar surface area (TPSA) is 221 Å². The Balaban J connectivity index is 0.000000509. The summed E-state index contributed by atoms with van der Waals surface area (Å²) in [7, 11) is 6.07. The monoisotopic (exact) mass is 940 g/mol. The lowest BCUT2D eigenvalue weighted by Crippen LogP contribution is -2.53. The number of aliphatic hydroxyl groups is 4. The van der Waals surface area contributed by atoms with Gasteiger partial charge in [-0.05, 0) is 35.1 Å². The molecule has 9 atom stereocenters. The van der Waals surface area contributed by atoms with Crippen molar-refractivity contribution in [1.82, 2.24) is 5.32 Å². The number of allylic oxidation sites excluding steroid dienone is 2. The molecule has 0 aromatic heterocycles. The first-order valence-corrected chi connectivity index (χ1v) is 21.9. The van der Waals surface area contributed by atoms with Crippen molar-refractivity contribution >= 4 is 71.0 Å². The van der Waals surface area contributed by atoms with Crippen molar-refractivity contribution in [2.45, 2.75) is 120 Å². The van der Waals surface area contributed by atoms with Gasteiger partial charge in [-0.3, -0.25) is 14.4 Å². The van der Waals surface area contributed by atoms with Crippen LogP contribution in [0.25, 0.3) is 0 Å². The highest BCUT2D eigenvalue weighted by molar-refractivity contribution is 7.99. The Morgan fingerprint density at radius 2 is 1.37 bits per heavy atom. The number of anilines is 2. The van der Waals surface area contributed by atoms with Gasteiger partial charge < -0.3 is 55.5 Å². The number of carbonyl (C=O) groups excluding carboxylic acids is 4. The minimum atomic E-state index is -1.22. The first kappa shape index (κ1) is 57.5. The van der Waals surface area contributed by atoms with Crippen LogP contribution in [-0.4, -0.2) is 139 Å². The molecule has 63 heavy (non-hydrogen) atoms. The van der Waals surface area contributed by atoms with E-state index < -0.39 is 66.7 Å². The van der Waals surface area contributed by atoms with Gasteiger partial charge in [0.05, 0.1) is 29.6 Å².